The number of carbonyl (C=O) groups is 1. The maximum absolute atomic E-state index is 11.3. The first-order valence-corrected chi connectivity index (χ1v) is 11.2. The quantitative estimate of drug-likeness (QED) is 0.500. The van der Waals surface area contributed by atoms with Crippen LogP contribution in [0.1, 0.15) is 54.1 Å². The van der Waals surface area contributed by atoms with Gasteiger partial charge in [-0.25, -0.2) is 9.50 Å². The number of rotatable bonds is 5. The second-order valence-electron chi connectivity index (χ2n) is 8.80. The molecule has 0 radical (unpaired) electrons. The Morgan fingerprint density at radius 2 is 1.81 bits per heavy atom. The van der Waals surface area contributed by atoms with Gasteiger partial charge >= 0.3 is 5.97 Å². The Bertz CT molecular complexity index is 1270. The summed E-state index contributed by atoms with van der Waals surface area (Å²) >= 11 is 0. The molecule has 1 aromatic carbocycles. The number of aliphatic carboxylic acids is 1. The first-order chi connectivity index (χ1) is 15.5. The third-order valence-electron chi connectivity index (χ3n) is 6.81. The maximum atomic E-state index is 11.3. The zero-order chi connectivity index (χ0) is 22.2. The molecular formula is C25H27N5O2. The van der Waals surface area contributed by atoms with Crippen molar-refractivity contribution in [3.05, 3.63) is 71.4 Å². The lowest BCUT2D eigenvalue weighted by Crippen LogP contribution is -2.22. The summed E-state index contributed by atoms with van der Waals surface area (Å²) in [5.74, 6) is -0.611. The van der Waals surface area contributed by atoms with Crippen molar-refractivity contribution in [3.8, 4) is 11.1 Å². The Balaban J connectivity index is 1.47. The molecule has 4 aromatic rings. The summed E-state index contributed by atoms with van der Waals surface area (Å²) in [5, 5.41) is 18.5. The molecule has 0 spiro atoms. The summed E-state index contributed by atoms with van der Waals surface area (Å²) in [6, 6.07) is 10.3. The fourth-order valence-electron chi connectivity index (χ4n) is 4.81. The fourth-order valence-corrected chi connectivity index (χ4v) is 4.81. The average Bonchev–Trinajstić information content (AvgIpc) is 3.44. The van der Waals surface area contributed by atoms with E-state index in [4.69, 9.17) is 4.98 Å². The van der Waals surface area contributed by atoms with E-state index in [9.17, 15) is 9.90 Å². The second-order valence-corrected chi connectivity index (χ2v) is 8.80. The molecule has 0 bridgehead atoms. The van der Waals surface area contributed by atoms with Crippen LogP contribution >= 0.6 is 0 Å². The highest BCUT2D eigenvalue weighted by atomic mass is 16.4. The van der Waals surface area contributed by atoms with Gasteiger partial charge in [0.15, 0.2) is 5.65 Å². The van der Waals surface area contributed by atoms with Crippen molar-refractivity contribution in [2.24, 2.45) is 5.92 Å². The number of fused-ring (bicyclic) bond motifs is 1. The van der Waals surface area contributed by atoms with Gasteiger partial charge in [-0.3, -0.25) is 9.48 Å². The number of hydrogen-bond acceptors (Lipinski definition) is 4. The van der Waals surface area contributed by atoms with Crippen LogP contribution in [0.5, 0.6) is 0 Å². The molecule has 164 valence electrons. The minimum Gasteiger partial charge on any atom is -0.481 e. The van der Waals surface area contributed by atoms with Crippen molar-refractivity contribution in [1.29, 1.82) is 0 Å². The van der Waals surface area contributed by atoms with Gasteiger partial charge in [0.2, 0.25) is 0 Å². The van der Waals surface area contributed by atoms with Crippen LogP contribution in [0.4, 0.5) is 0 Å². The van der Waals surface area contributed by atoms with Crippen LogP contribution in [0.25, 0.3) is 16.8 Å². The highest BCUT2D eigenvalue weighted by Crippen LogP contribution is 2.38. The van der Waals surface area contributed by atoms with Gasteiger partial charge in [0.05, 0.1) is 30.6 Å². The normalized spacial score (nSPS) is 18.8. The zero-order valence-electron chi connectivity index (χ0n) is 18.4. The van der Waals surface area contributed by atoms with Crippen molar-refractivity contribution < 1.29 is 9.90 Å². The highest BCUT2D eigenvalue weighted by Gasteiger charge is 2.29. The molecule has 5 rings (SSSR count). The Morgan fingerprint density at radius 3 is 2.53 bits per heavy atom. The number of benzene rings is 1. The predicted molar refractivity (Wildman–Crippen MR) is 122 cm³/mol. The molecule has 7 heteroatoms. The molecule has 1 fully saturated rings. The third kappa shape index (κ3) is 3.68. The molecule has 0 unspecified atom stereocenters. The predicted octanol–water partition coefficient (Wildman–Crippen LogP) is 4.62. The van der Waals surface area contributed by atoms with Crippen molar-refractivity contribution in [1.82, 2.24) is 24.4 Å². The first kappa shape index (κ1) is 20.4. The molecule has 0 saturated heterocycles. The van der Waals surface area contributed by atoms with E-state index >= 15 is 0 Å². The molecule has 1 saturated carbocycles. The Labute approximate surface area is 186 Å². The molecular weight excluding hydrogens is 402 g/mol. The molecule has 3 heterocycles. The van der Waals surface area contributed by atoms with Crippen molar-refractivity contribution in [3.63, 3.8) is 0 Å². The first-order valence-electron chi connectivity index (χ1n) is 11.2. The Kier molecular flexibility index (Phi) is 5.25. The van der Waals surface area contributed by atoms with Gasteiger partial charge < -0.3 is 5.11 Å². The molecule has 32 heavy (non-hydrogen) atoms. The Morgan fingerprint density at radius 1 is 1.06 bits per heavy atom. The van der Waals surface area contributed by atoms with Crippen LogP contribution in [0, 0.1) is 19.8 Å². The van der Waals surface area contributed by atoms with Crippen molar-refractivity contribution in [2.45, 2.75) is 52.0 Å². The minimum absolute atomic E-state index is 0.225. The number of carboxylic acid groups (broad SMARTS) is 1. The van der Waals surface area contributed by atoms with Gasteiger partial charge in [0.1, 0.15) is 0 Å². The lowest BCUT2D eigenvalue weighted by Gasteiger charge is -2.27. The number of carboxylic acids is 1. The van der Waals surface area contributed by atoms with Gasteiger partial charge in [-0.15, -0.1) is 0 Å². The van der Waals surface area contributed by atoms with Crippen LogP contribution in [-0.2, 0) is 11.3 Å². The van der Waals surface area contributed by atoms with E-state index in [-0.39, 0.29) is 11.8 Å². The van der Waals surface area contributed by atoms with E-state index in [2.05, 4.69) is 36.2 Å². The summed E-state index contributed by atoms with van der Waals surface area (Å²) in [6.07, 6.45) is 8.92. The number of nitrogens with zero attached hydrogens (tertiary/aromatic N) is 5. The SMILES string of the molecule is Cc1c(C2CCC(C(=O)O)CC2)nc2c(-c3cnn(Cc4ccccc4)c3)cnn2c1C. The van der Waals surface area contributed by atoms with Gasteiger partial charge in [-0.1, -0.05) is 30.3 Å². The van der Waals surface area contributed by atoms with Crippen molar-refractivity contribution >= 4 is 11.6 Å². The Hall–Kier alpha value is -3.48. The summed E-state index contributed by atoms with van der Waals surface area (Å²) in [5.41, 5.74) is 7.30. The number of aromatic nitrogens is 5. The molecule has 1 aliphatic carbocycles. The largest absolute Gasteiger partial charge is 0.481 e. The van der Waals surface area contributed by atoms with Gasteiger partial charge in [-0.2, -0.15) is 10.2 Å². The van der Waals surface area contributed by atoms with Gasteiger partial charge in [0.25, 0.3) is 0 Å². The molecule has 0 aliphatic heterocycles. The summed E-state index contributed by atoms with van der Waals surface area (Å²) < 4.78 is 3.84. The minimum atomic E-state index is -0.676. The lowest BCUT2D eigenvalue weighted by molar-refractivity contribution is -0.142. The number of aryl methyl sites for hydroxylation is 1. The summed E-state index contributed by atoms with van der Waals surface area (Å²) in [4.78, 5) is 16.4. The van der Waals surface area contributed by atoms with Gasteiger partial charge in [0, 0.05) is 28.9 Å². The lowest BCUT2D eigenvalue weighted by atomic mass is 9.79. The molecule has 0 atom stereocenters. The van der Waals surface area contributed by atoms with Crippen LogP contribution in [-0.4, -0.2) is 35.5 Å². The molecule has 0 amide bonds. The van der Waals surface area contributed by atoms with Crippen LogP contribution in [0.15, 0.2) is 48.9 Å². The standard InChI is InChI=1S/C25H27N5O2/c1-16-17(2)30-24(28-23(16)19-8-10-20(11-9-19)25(31)32)22(13-27-30)21-12-26-29(15-21)14-18-6-4-3-5-7-18/h3-7,12-13,15,19-20H,8-11,14H2,1-2H3,(H,31,32). The summed E-state index contributed by atoms with van der Waals surface area (Å²) in [7, 11) is 0. The van der Waals surface area contributed by atoms with E-state index in [0.29, 0.717) is 19.4 Å². The third-order valence-corrected chi connectivity index (χ3v) is 6.81. The fraction of sp³-hybridized carbons (Fsp3) is 0.360. The van der Waals surface area contributed by atoms with E-state index in [1.165, 1.54) is 5.56 Å². The zero-order valence-corrected chi connectivity index (χ0v) is 18.4. The monoisotopic (exact) mass is 429 g/mol. The maximum Gasteiger partial charge on any atom is 0.306 e. The molecule has 1 N–H and O–H groups in total. The number of hydrogen-bond donors (Lipinski definition) is 1. The van der Waals surface area contributed by atoms with E-state index in [0.717, 1.165) is 46.6 Å². The van der Waals surface area contributed by atoms with Crippen LogP contribution < -0.4 is 0 Å². The average molecular weight is 430 g/mol. The molecule has 3 aromatic heterocycles. The van der Waals surface area contributed by atoms with Crippen molar-refractivity contribution in [2.75, 3.05) is 0 Å². The smallest absolute Gasteiger partial charge is 0.306 e. The highest BCUT2D eigenvalue weighted by molar-refractivity contribution is 5.76. The van der Waals surface area contributed by atoms with Crippen LogP contribution in [0.2, 0.25) is 0 Å². The van der Waals surface area contributed by atoms with Gasteiger partial charge in [-0.05, 0) is 50.7 Å². The van der Waals surface area contributed by atoms with Crippen LogP contribution in [0.3, 0.4) is 0 Å². The molecule has 7 nitrogen and oxygen atoms in total. The van der Waals surface area contributed by atoms with E-state index < -0.39 is 5.97 Å². The van der Waals surface area contributed by atoms with E-state index in [1.54, 1.807) is 0 Å². The molecule has 1 aliphatic rings. The topological polar surface area (TPSA) is 85.3 Å². The second kappa shape index (κ2) is 8.22. The van der Waals surface area contributed by atoms with E-state index in [1.807, 2.05) is 46.0 Å². The summed E-state index contributed by atoms with van der Waals surface area (Å²) in [6.45, 7) is 4.88.